The van der Waals surface area contributed by atoms with E-state index in [1.165, 1.54) is 0 Å². The van der Waals surface area contributed by atoms with Gasteiger partial charge in [-0.2, -0.15) is 0 Å². The van der Waals surface area contributed by atoms with Gasteiger partial charge in [0.15, 0.2) is 0 Å². The van der Waals surface area contributed by atoms with Crippen LogP contribution < -0.4 is 26.6 Å². The number of carbonyl (C=O) groups excluding carboxylic acids is 4. The van der Waals surface area contributed by atoms with E-state index in [-0.39, 0.29) is 30.0 Å². The second-order valence-corrected chi connectivity index (χ2v) is 8.10. The van der Waals surface area contributed by atoms with Gasteiger partial charge >= 0.3 is 0 Å². The Bertz CT molecular complexity index is 617. The van der Waals surface area contributed by atoms with E-state index >= 15 is 0 Å². The third kappa shape index (κ3) is 5.01. The molecule has 3 atom stereocenters. The third-order valence-corrected chi connectivity index (χ3v) is 5.94. The summed E-state index contributed by atoms with van der Waals surface area (Å²) < 4.78 is 0. The van der Waals surface area contributed by atoms with E-state index in [2.05, 4.69) is 26.6 Å². The predicted octanol–water partition coefficient (Wildman–Crippen LogP) is -1.07. The van der Waals surface area contributed by atoms with Crippen LogP contribution in [0.5, 0.6) is 0 Å². The molecule has 0 spiro atoms. The van der Waals surface area contributed by atoms with Crippen molar-refractivity contribution in [1.82, 2.24) is 26.6 Å². The summed E-state index contributed by atoms with van der Waals surface area (Å²) >= 11 is 0. The third-order valence-electron chi connectivity index (χ3n) is 5.94. The molecule has 9 nitrogen and oxygen atoms in total. The van der Waals surface area contributed by atoms with Crippen LogP contribution in [-0.4, -0.2) is 61.9 Å². The fourth-order valence-corrected chi connectivity index (χ4v) is 4.19. The molecular formula is C19H31N5O4. The van der Waals surface area contributed by atoms with E-state index in [4.69, 9.17) is 0 Å². The highest BCUT2D eigenvalue weighted by atomic mass is 16.2. The van der Waals surface area contributed by atoms with E-state index in [1.807, 2.05) is 0 Å². The van der Waals surface area contributed by atoms with Crippen molar-refractivity contribution in [1.29, 1.82) is 0 Å². The molecule has 156 valence electrons. The summed E-state index contributed by atoms with van der Waals surface area (Å²) in [5.41, 5.74) is -0.891. The second-order valence-electron chi connectivity index (χ2n) is 8.10. The molecule has 3 heterocycles. The summed E-state index contributed by atoms with van der Waals surface area (Å²) in [6.07, 6.45) is 5.28. The first-order valence-electron chi connectivity index (χ1n) is 10.4. The molecule has 9 heteroatoms. The zero-order valence-electron chi connectivity index (χ0n) is 16.3. The summed E-state index contributed by atoms with van der Waals surface area (Å²) in [7, 11) is 0. The van der Waals surface area contributed by atoms with E-state index in [1.54, 1.807) is 0 Å². The number of rotatable bonds is 5. The molecule has 0 aliphatic carbocycles. The van der Waals surface area contributed by atoms with Crippen molar-refractivity contribution in [3.63, 3.8) is 0 Å². The average molecular weight is 393 g/mol. The molecule has 0 radical (unpaired) electrons. The second kappa shape index (κ2) is 9.36. The summed E-state index contributed by atoms with van der Waals surface area (Å²) in [6, 6.07) is -1.10. The minimum atomic E-state index is -0.891. The molecule has 3 aliphatic heterocycles. The van der Waals surface area contributed by atoms with Crippen molar-refractivity contribution in [3.8, 4) is 0 Å². The maximum atomic E-state index is 13.0. The standard InChI is InChI=1S/C19H31N5O4/c25-15(23-13-5-1-3-8-21-16(13)26)11-19(7-10-20-12-19)18(28)24-14-6-2-4-9-22-17(14)27/h13-14,20H,1-12H2,(H,21,26)(H,22,27)(H,23,25)(H,24,28). The maximum absolute atomic E-state index is 13.0. The molecule has 3 fully saturated rings. The lowest BCUT2D eigenvalue weighted by Crippen LogP contribution is -2.53. The van der Waals surface area contributed by atoms with Crippen LogP contribution in [0.4, 0.5) is 0 Å². The fourth-order valence-electron chi connectivity index (χ4n) is 4.19. The van der Waals surface area contributed by atoms with Crippen LogP contribution in [-0.2, 0) is 19.2 Å². The van der Waals surface area contributed by atoms with Crippen LogP contribution >= 0.6 is 0 Å². The highest BCUT2D eigenvalue weighted by Crippen LogP contribution is 2.30. The number of carbonyl (C=O) groups is 4. The monoisotopic (exact) mass is 393 g/mol. The molecule has 3 unspecified atom stereocenters. The van der Waals surface area contributed by atoms with Crippen molar-refractivity contribution >= 4 is 23.6 Å². The number of nitrogens with one attached hydrogen (secondary N) is 5. The van der Waals surface area contributed by atoms with Gasteiger partial charge in [0.2, 0.25) is 23.6 Å². The van der Waals surface area contributed by atoms with E-state index in [9.17, 15) is 19.2 Å². The van der Waals surface area contributed by atoms with Crippen LogP contribution in [0.2, 0.25) is 0 Å². The molecule has 3 aliphatic rings. The molecule has 3 rings (SSSR count). The lowest BCUT2D eigenvalue weighted by Gasteiger charge is -2.29. The van der Waals surface area contributed by atoms with Gasteiger partial charge in [0.25, 0.3) is 0 Å². The van der Waals surface area contributed by atoms with Crippen molar-refractivity contribution in [2.45, 2.75) is 63.5 Å². The zero-order chi connectivity index (χ0) is 20.0. The van der Waals surface area contributed by atoms with Crippen LogP contribution in [0.3, 0.4) is 0 Å². The summed E-state index contributed by atoms with van der Waals surface area (Å²) in [5, 5.41) is 14.4. The predicted molar refractivity (Wildman–Crippen MR) is 102 cm³/mol. The largest absolute Gasteiger partial charge is 0.354 e. The Morgan fingerprint density at radius 1 is 0.893 bits per heavy atom. The SMILES string of the molecule is O=C(CC1(C(=O)NC2CCCCNC2=O)CCNC1)NC1CCCCNC1=O. The summed E-state index contributed by atoms with van der Waals surface area (Å²) in [5.74, 6) is -0.887. The Labute approximate surface area is 165 Å². The Hall–Kier alpha value is -2.16. The van der Waals surface area contributed by atoms with Gasteiger partial charge in [0.1, 0.15) is 12.1 Å². The minimum absolute atomic E-state index is 0.00392. The first-order valence-corrected chi connectivity index (χ1v) is 10.4. The van der Waals surface area contributed by atoms with Gasteiger partial charge in [-0.15, -0.1) is 0 Å². The Morgan fingerprint density at radius 2 is 1.50 bits per heavy atom. The van der Waals surface area contributed by atoms with Crippen LogP contribution in [0.15, 0.2) is 0 Å². The first-order chi connectivity index (χ1) is 13.5. The van der Waals surface area contributed by atoms with Gasteiger partial charge in [-0.3, -0.25) is 19.2 Å². The molecule has 0 saturated carbocycles. The van der Waals surface area contributed by atoms with E-state index in [0.29, 0.717) is 45.4 Å². The molecule has 3 saturated heterocycles. The van der Waals surface area contributed by atoms with Crippen LogP contribution in [0.25, 0.3) is 0 Å². The van der Waals surface area contributed by atoms with Crippen molar-refractivity contribution in [3.05, 3.63) is 0 Å². The van der Waals surface area contributed by atoms with Crippen molar-refractivity contribution in [2.24, 2.45) is 5.41 Å². The van der Waals surface area contributed by atoms with Gasteiger partial charge in [0.05, 0.1) is 5.41 Å². The average Bonchev–Trinajstić information content (AvgIpc) is 2.93. The maximum Gasteiger partial charge on any atom is 0.242 e. The highest BCUT2D eigenvalue weighted by molar-refractivity contribution is 5.94. The van der Waals surface area contributed by atoms with Crippen LogP contribution in [0, 0.1) is 5.41 Å². The first kappa shape index (κ1) is 20.6. The van der Waals surface area contributed by atoms with Gasteiger partial charge < -0.3 is 26.6 Å². The van der Waals surface area contributed by atoms with Gasteiger partial charge in [0, 0.05) is 26.1 Å². The zero-order valence-corrected chi connectivity index (χ0v) is 16.3. The van der Waals surface area contributed by atoms with E-state index in [0.717, 1.165) is 25.7 Å². The van der Waals surface area contributed by atoms with Gasteiger partial charge in [-0.1, -0.05) is 0 Å². The van der Waals surface area contributed by atoms with Crippen molar-refractivity contribution < 1.29 is 19.2 Å². The molecule has 0 bridgehead atoms. The molecule has 0 aromatic rings. The normalized spacial score (nSPS) is 31.1. The topological polar surface area (TPSA) is 128 Å². The van der Waals surface area contributed by atoms with Crippen LogP contribution in [0.1, 0.15) is 51.4 Å². The lowest BCUT2D eigenvalue weighted by atomic mass is 9.81. The molecule has 0 aromatic heterocycles. The number of hydrogen-bond donors (Lipinski definition) is 5. The van der Waals surface area contributed by atoms with Crippen molar-refractivity contribution in [2.75, 3.05) is 26.2 Å². The quantitative estimate of drug-likeness (QED) is 0.406. The number of hydrogen-bond acceptors (Lipinski definition) is 5. The molecular weight excluding hydrogens is 362 g/mol. The summed E-state index contributed by atoms with van der Waals surface area (Å²) in [4.78, 5) is 49.9. The lowest BCUT2D eigenvalue weighted by molar-refractivity contribution is -0.138. The molecule has 0 aromatic carbocycles. The molecule has 28 heavy (non-hydrogen) atoms. The molecule has 5 N–H and O–H groups in total. The number of amides is 4. The van der Waals surface area contributed by atoms with Gasteiger partial charge in [-0.05, 0) is 51.5 Å². The fraction of sp³-hybridized carbons (Fsp3) is 0.789. The van der Waals surface area contributed by atoms with E-state index < -0.39 is 17.5 Å². The highest BCUT2D eigenvalue weighted by Gasteiger charge is 2.44. The Morgan fingerprint density at radius 3 is 2.07 bits per heavy atom. The smallest absolute Gasteiger partial charge is 0.242 e. The minimum Gasteiger partial charge on any atom is -0.354 e. The molecule has 4 amide bonds. The Balaban J connectivity index is 1.62. The Kier molecular flexibility index (Phi) is 6.88. The summed E-state index contributed by atoms with van der Waals surface area (Å²) in [6.45, 7) is 2.29. The van der Waals surface area contributed by atoms with Gasteiger partial charge in [-0.25, -0.2) is 0 Å².